The molecule has 1 aromatic heterocycles. The second kappa shape index (κ2) is 10.3. The second-order valence-electron chi connectivity index (χ2n) is 15.3. The van der Waals surface area contributed by atoms with Gasteiger partial charge in [0.1, 0.15) is 12.2 Å². The molecule has 2 aromatic rings. The van der Waals surface area contributed by atoms with E-state index in [2.05, 4.69) is 55.0 Å². The second-order valence-corrected chi connectivity index (χ2v) is 20.4. The van der Waals surface area contributed by atoms with Crippen LogP contribution in [0.2, 0.25) is 19.6 Å². The van der Waals surface area contributed by atoms with E-state index in [1.165, 1.54) is 5.19 Å². The van der Waals surface area contributed by atoms with Gasteiger partial charge < -0.3 is 25.8 Å². The molecule has 0 spiro atoms. The van der Waals surface area contributed by atoms with Crippen LogP contribution in [0.4, 0.5) is 4.79 Å². The summed E-state index contributed by atoms with van der Waals surface area (Å²) in [5, 5.41) is 1.43. The number of amides is 3. The Balaban J connectivity index is 0.999. The van der Waals surface area contributed by atoms with Gasteiger partial charge in [-0.15, -0.1) is 0 Å². The standard InChI is InChI=1S/C34H44N4O5Si/c1-44(2,3)27-9-4-21(5-10-27)22-6-11-28(37-18-22)42-26-13-24-7-8-25(14-26)38(24)32(41)43-29-23-12-20-15-33(17-23,30(35)39)19-34(29,16-20)31(36)40/h4-6,9-11,18,20,23-26,29H,7-8,12-17,19H2,1-3H3,(H2,35,39)(H2,36,40). The Morgan fingerprint density at radius 3 is 2.16 bits per heavy atom. The van der Waals surface area contributed by atoms with Crippen LogP contribution in [0.25, 0.3) is 11.1 Å². The third-order valence-corrected chi connectivity index (χ3v) is 13.6. The van der Waals surface area contributed by atoms with Crippen LogP contribution in [-0.2, 0) is 14.3 Å². The number of hydrogen-bond donors (Lipinski definition) is 2. The summed E-state index contributed by atoms with van der Waals surface area (Å²) in [6.07, 6.45) is 6.97. The number of piperidine rings is 1. The van der Waals surface area contributed by atoms with Gasteiger partial charge in [-0.05, 0) is 68.4 Å². The number of rotatable bonds is 7. The molecule has 7 atom stereocenters. The highest BCUT2D eigenvalue weighted by atomic mass is 28.3. The number of nitrogens with two attached hydrogens (primary N) is 2. The van der Waals surface area contributed by atoms with Crippen molar-refractivity contribution in [2.45, 2.75) is 102 Å². The predicted molar refractivity (Wildman–Crippen MR) is 169 cm³/mol. The van der Waals surface area contributed by atoms with Gasteiger partial charge in [0.2, 0.25) is 17.7 Å². The molecule has 1 aromatic carbocycles. The number of hydrogen-bond acceptors (Lipinski definition) is 6. The van der Waals surface area contributed by atoms with Crippen molar-refractivity contribution in [3.63, 3.8) is 0 Å². The lowest BCUT2D eigenvalue weighted by Gasteiger charge is -2.62. The van der Waals surface area contributed by atoms with Crippen LogP contribution in [0.1, 0.15) is 57.8 Å². The zero-order valence-corrected chi connectivity index (χ0v) is 27.0. The van der Waals surface area contributed by atoms with Crippen molar-refractivity contribution < 1.29 is 23.9 Å². The Morgan fingerprint density at radius 1 is 0.886 bits per heavy atom. The minimum absolute atomic E-state index is 0.00808. The molecular formula is C34H44N4O5Si. The van der Waals surface area contributed by atoms with E-state index in [1.807, 2.05) is 17.2 Å². The Kier molecular flexibility index (Phi) is 6.88. The number of carbonyl (C=O) groups excluding carboxylic acids is 3. The number of ether oxygens (including phenoxy) is 2. The number of carbonyl (C=O) groups is 3. The van der Waals surface area contributed by atoms with Crippen molar-refractivity contribution in [1.29, 1.82) is 0 Å². The number of benzene rings is 1. The minimum Gasteiger partial charge on any atom is -0.474 e. The molecule has 6 fully saturated rings. The first-order chi connectivity index (χ1) is 20.9. The summed E-state index contributed by atoms with van der Waals surface area (Å²) in [6.45, 7) is 7.04. The quantitative estimate of drug-likeness (QED) is 0.444. The van der Waals surface area contributed by atoms with Crippen molar-refractivity contribution in [2.24, 2.45) is 34.1 Å². The largest absolute Gasteiger partial charge is 0.474 e. The van der Waals surface area contributed by atoms with Gasteiger partial charge in [-0.25, -0.2) is 9.78 Å². The van der Waals surface area contributed by atoms with Gasteiger partial charge in [-0.2, -0.15) is 0 Å². The Labute approximate surface area is 260 Å². The molecule has 7 unspecified atom stereocenters. The van der Waals surface area contributed by atoms with Crippen LogP contribution in [0.3, 0.4) is 0 Å². The molecular weight excluding hydrogens is 572 g/mol. The molecule has 10 heteroatoms. The van der Waals surface area contributed by atoms with Crippen molar-refractivity contribution in [3.8, 4) is 17.0 Å². The first-order valence-corrected chi connectivity index (χ1v) is 19.7. The maximum absolute atomic E-state index is 13.8. The highest BCUT2D eigenvalue weighted by molar-refractivity contribution is 6.88. The van der Waals surface area contributed by atoms with Gasteiger partial charge in [-0.3, -0.25) is 9.59 Å². The number of pyridine rings is 1. The normalized spacial score (nSPS) is 35.4. The van der Waals surface area contributed by atoms with Crippen LogP contribution in [-0.4, -0.2) is 60.2 Å². The van der Waals surface area contributed by atoms with Crippen molar-refractivity contribution in [2.75, 3.05) is 0 Å². The molecule has 6 bridgehead atoms. The van der Waals surface area contributed by atoms with E-state index < -0.39 is 30.9 Å². The van der Waals surface area contributed by atoms with E-state index in [0.717, 1.165) is 30.4 Å². The maximum atomic E-state index is 13.8. The minimum atomic E-state index is -1.34. The summed E-state index contributed by atoms with van der Waals surface area (Å²) >= 11 is 0. The van der Waals surface area contributed by atoms with E-state index in [9.17, 15) is 14.4 Å². The number of nitrogens with zero attached hydrogens (tertiary/aromatic N) is 2. The van der Waals surface area contributed by atoms with Crippen molar-refractivity contribution in [1.82, 2.24) is 9.88 Å². The first kappa shape index (κ1) is 29.3. The summed E-state index contributed by atoms with van der Waals surface area (Å²) in [5.41, 5.74) is 12.3. The van der Waals surface area contributed by atoms with Crippen LogP contribution in [0.15, 0.2) is 42.6 Å². The molecule has 0 radical (unpaired) electrons. The SMILES string of the molecule is C[Si](C)(C)c1ccc(-c2ccc(OC3CC4CCC(C3)N4C(=O)OC3C4CC5CC(C(N)=O)(C4)CC3(C(N)=O)C5)nc2)cc1. The highest BCUT2D eigenvalue weighted by Gasteiger charge is 2.68. The van der Waals surface area contributed by atoms with Crippen molar-refractivity contribution >= 4 is 31.2 Å². The smallest absolute Gasteiger partial charge is 0.410 e. The van der Waals surface area contributed by atoms with Crippen molar-refractivity contribution in [3.05, 3.63) is 42.6 Å². The van der Waals surface area contributed by atoms with Gasteiger partial charge >= 0.3 is 6.09 Å². The third-order valence-electron chi connectivity index (χ3n) is 11.5. The predicted octanol–water partition coefficient (Wildman–Crippen LogP) is 4.34. The lowest BCUT2D eigenvalue weighted by atomic mass is 9.42. The molecule has 3 heterocycles. The van der Waals surface area contributed by atoms with E-state index >= 15 is 0 Å². The summed E-state index contributed by atoms with van der Waals surface area (Å²) in [6, 6.07) is 12.8. The van der Waals surface area contributed by atoms with Gasteiger partial charge in [0, 0.05) is 42.8 Å². The summed E-state index contributed by atoms with van der Waals surface area (Å²) < 4.78 is 12.6. The lowest BCUT2D eigenvalue weighted by Crippen LogP contribution is -2.68. The van der Waals surface area contributed by atoms with Gasteiger partial charge in [-0.1, -0.05) is 49.1 Å². The van der Waals surface area contributed by atoms with Crippen LogP contribution < -0.4 is 21.4 Å². The molecule has 44 heavy (non-hydrogen) atoms. The molecule has 234 valence electrons. The maximum Gasteiger partial charge on any atom is 0.410 e. The molecule has 2 aliphatic heterocycles. The fraction of sp³-hybridized carbons (Fsp3) is 0.588. The zero-order chi connectivity index (χ0) is 31.0. The van der Waals surface area contributed by atoms with E-state index in [1.54, 1.807) is 0 Å². The average Bonchev–Trinajstić information content (AvgIpc) is 3.24. The monoisotopic (exact) mass is 616 g/mol. The van der Waals surface area contributed by atoms with E-state index in [-0.39, 0.29) is 48.4 Å². The molecule has 9 nitrogen and oxygen atoms in total. The Morgan fingerprint density at radius 2 is 1.57 bits per heavy atom. The zero-order valence-electron chi connectivity index (χ0n) is 26.0. The number of fused-ring (bicyclic) bond motifs is 2. The highest BCUT2D eigenvalue weighted by Crippen LogP contribution is 2.66. The van der Waals surface area contributed by atoms with Gasteiger partial charge in [0.05, 0.1) is 18.9 Å². The third kappa shape index (κ3) is 4.80. The number of primary amides is 2. The molecule has 4 N–H and O–H groups in total. The van der Waals surface area contributed by atoms with Crippen LogP contribution in [0, 0.1) is 22.7 Å². The van der Waals surface area contributed by atoms with Crippen LogP contribution in [0.5, 0.6) is 5.88 Å². The Hall–Kier alpha value is -3.40. The Bertz CT molecular complexity index is 1460. The van der Waals surface area contributed by atoms with Crippen LogP contribution >= 0.6 is 0 Å². The lowest BCUT2D eigenvalue weighted by molar-refractivity contribution is -0.198. The first-order valence-electron chi connectivity index (χ1n) is 16.2. The van der Waals surface area contributed by atoms with Gasteiger partial charge in [0.25, 0.3) is 0 Å². The molecule has 3 amide bonds. The molecule has 8 rings (SSSR count). The molecule has 4 saturated carbocycles. The van der Waals surface area contributed by atoms with Gasteiger partial charge in [0.15, 0.2) is 0 Å². The molecule has 2 saturated heterocycles. The summed E-state index contributed by atoms with van der Waals surface area (Å²) in [5.74, 6) is -0.117. The molecule has 6 aliphatic rings. The fourth-order valence-corrected chi connectivity index (χ4v) is 10.8. The topological polar surface area (TPSA) is 138 Å². The fourth-order valence-electron chi connectivity index (χ4n) is 9.59. The van der Waals surface area contributed by atoms with E-state index in [0.29, 0.717) is 38.0 Å². The number of aromatic nitrogens is 1. The summed E-state index contributed by atoms with van der Waals surface area (Å²) in [4.78, 5) is 45.7. The average molecular weight is 617 g/mol. The molecule has 4 aliphatic carbocycles. The van der Waals surface area contributed by atoms with E-state index in [4.69, 9.17) is 20.9 Å². The summed E-state index contributed by atoms with van der Waals surface area (Å²) in [7, 11) is -1.34.